The number of carbonyl (C=O) groups is 1. The van der Waals surface area contributed by atoms with Gasteiger partial charge in [-0.3, -0.25) is 9.59 Å². The van der Waals surface area contributed by atoms with Gasteiger partial charge >= 0.3 is 0 Å². The highest BCUT2D eigenvalue weighted by molar-refractivity contribution is 5.84. The van der Waals surface area contributed by atoms with Crippen molar-refractivity contribution in [2.45, 2.75) is 88.8 Å². The maximum absolute atomic E-state index is 13.8. The lowest BCUT2D eigenvalue weighted by Crippen LogP contribution is -2.46. The smallest absolute Gasteiger partial charge is 0.294 e. The zero-order chi connectivity index (χ0) is 22.8. The van der Waals surface area contributed by atoms with E-state index >= 15 is 0 Å². The van der Waals surface area contributed by atoms with Crippen molar-refractivity contribution in [2.75, 3.05) is 24.5 Å². The zero-order valence-corrected chi connectivity index (χ0v) is 19.6. The summed E-state index contributed by atoms with van der Waals surface area (Å²) in [6.07, 6.45) is 12.9. The van der Waals surface area contributed by atoms with E-state index in [9.17, 15) is 9.59 Å². The number of likely N-dealkylation sites (tertiary alicyclic amines) is 1. The van der Waals surface area contributed by atoms with Gasteiger partial charge in [0.25, 0.3) is 5.56 Å². The molecule has 7 nitrogen and oxygen atoms in total. The Morgan fingerprint density at radius 2 is 1.55 bits per heavy atom. The third kappa shape index (κ3) is 4.52. The molecule has 0 bridgehead atoms. The fourth-order valence-electron chi connectivity index (χ4n) is 6.32. The summed E-state index contributed by atoms with van der Waals surface area (Å²) in [5, 5.41) is 0. The van der Waals surface area contributed by atoms with Crippen molar-refractivity contribution in [3.63, 3.8) is 0 Å². The number of hydrogen-bond donors (Lipinski definition) is 1. The first-order valence-corrected chi connectivity index (χ1v) is 12.9. The van der Waals surface area contributed by atoms with Crippen molar-refractivity contribution in [1.82, 2.24) is 14.5 Å². The van der Waals surface area contributed by atoms with Crippen LogP contribution in [0.2, 0.25) is 0 Å². The molecule has 1 amide bonds. The van der Waals surface area contributed by atoms with Gasteiger partial charge in [0.2, 0.25) is 5.91 Å². The van der Waals surface area contributed by atoms with E-state index in [0.29, 0.717) is 24.8 Å². The highest BCUT2D eigenvalue weighted by Gasteiger charge is 2.34. The first kappa shape index (κ1) is 22.4. The molecule has 1 aromatic heterocycles. The number of anilines is 1. The van der Waals surface area contributed by atoms with Gasteiger partial charge in [-0.15, -0.1) is 0 Å². The van der Waals surface area contributed by atoms with Crippen LogP contribution in [0.25, 0.3) is 11.0 Å². The van der Waals surface area contributed by atoms with Gasteiger partial charge in [-0.25, -0.2) is 4.98 Å². The van der Waals surface area contributed by atoms with Crippen molar-refractivity contribution in [2.24, 2.45) is 5.73 Å². The second-order valence-corrected chi connectivity index (χ2v) is 10.1. The number of fused-ring (bicyclic) bond motifs is 1. The molecule has 1 saturated carbocycles. The van der Waals surface area contributed by atoms with E-state index in [-0.39, 0.29) is 17.5 Å². The summed E-state index contributed by atoms with van der Waals surface area (Å²) in [5.74, 6) is 0.0124. The molecule has 3 heterocycles. The van der Waals surface area contributed by atoms with Crippen LogP contribution in [-0.4, -0.2) is 52.1 Å². The van der Waals surface area contributed by atoms with Crippen LogP contribution >= 0.6 is 0 Å². The largest absolute Gasteiger partial charge is 0.368 e. The highest BCUT2D eigenvalue weighted by atomic mass is 16.2. The molecule has 2 saturated heterocycles. The number of benzene rings is 1. The number of para-hydroxylation sites is 2. The number of hydrogen-bond acceptors (Lipinski definition) is 5. The Morgan fingerprint density at radius 1 is 0.848 bits per heavy atom. The summed E-state index contributed by atoms with van der Waals surface area (Å²) in [5.41, 5.74) is 7.28. The maximum atomic E-state index is 13.8. The van der Waals surface area contributed by atoms with Crippen molar-refractivity contribution in [3.8, 4) is 0 Å². The molecule has 33 heavy (non-hydrogen) atoms. The fourth-order valence-corrected chi connectivity index (χ4v) is 6.32. The monoisotopic (exact) mass is 451 g/mol. The van der Waals surface area contributed by atoms with Crippen molar-refractivity contribution >= 4 is 22.8 Å². The molecule has 3 fully saturated rings. The van der Waals surface area contributed by atoms with E-state index < -0.39 is 6.04 Å². The number of rotatable bonds is 4. The Morgan fingerprint density at radius 3 is 2.27 bits per heavy atom. The van der Waals surface area contributed by atoms with Crippen LogP contribution in [0.15, 0.2) is 29.1 Å². The van der Waals surface area contributed by atoms with E-state index in [0.717, 1.165) is 43.4 Å². The number of carbonyl (C=O) groups excluding carboxylic acids is 1. The number of primary amides is 1. The lowest BCUT2D eigenvalue weighted by molar-refractivity contribution is -0.119. The number of nitrogens with zero attached hydrogens (tertiary/aromatic N) is 4. The number of nitrogens with two attached hydrogens (primary N) is 1. The molecular weight excluding hydrogens is 414 g/mol. The number of aromatic nitrogens is 2. The maximum Gasteiger partial charge on any atom is 0.294 e. The Labute approximate surface area is 195 Å². The highest BCUT2D eigenvalue weighted by Crippen LogP contribution is 2.31. The van der Waals surface area contributed by atoms with Gasteiger partial charge < -0.3 is 20.1 Å². The molecular formula is C26H37N5O2. The molecule has 0 radical (unpaired) electrons. The molecule has 7 heteroatoms. The normalized spacial score (nSPS) is 24.1. The minimum absolute atomic E-state index is 0.0775. The zero-order valence-electron chi connectivity index (χ0n) is 19.6. The van der Waals surface area contributed by atoms with Gasteiger partial charge in [-0.05, 0) is 50.7 Å². The third-order valence-electron chi connectivity index (χ3n) is 8.09. The first-order valence-electron chi connectivity index (χ1n) is 12.9. The number of amides is 1. The molecule has 2 N–H and O–H groups in total. The lowest BCUT2D eigenvalue weighted by Gasteiger charge is -2.39. The Kier molecular flexibility index (Phi) is 6.67. The van der Waals surface area contributed by atoms with Crippen LogP contribution in [0.4, 0.5) is 5.82 Å². The molecule has 1 atom stereocenters. The van der Waals surface area contributed by atoms with Crippen LogP contribution in [0.3, 0.4) is 0 Å². The minimum Gasteiger partial charge on any atom is -0.368 e. The third-order valence-corrected chi connectivity index (χ3v) is 8.09. The summed E-state index contributed by atoms with van der Waals surface area (Å²) < 4.78 is 1.98. The summed E-state index contributed by atoms with van der Waals surface area (Å²) in [7, 11) is 0. The van der Waals surface area contributed by atoms with E-state index in [1.807, 2.05) is 33.7 Å². The Bertz CT molecular complexity index is 1030. The summed E-state index contributed by atoms with van der Waals surface area (Å²) in [4.78, 5) is 35.1. The molecule has 0 spiro atoms. The molecule has 2 aliphatic heterocycles. The van der Waals surface area contributed by atoms with E-state index in [1.54, 1.807) is 0 Å². The molecule has 2 aromatic rings. The molecule has 1 unspecified atom stereocenters. The standard InChI is InChI=1S/C26H37N5O2/c27-24(32)23-13-8-16-30(23)25-26(33)31(22-12-7-6-11-21(22)28-25)20-14-17-29(18-15-20)19-9-4-2-1-3-5-10-19/h6-7,11-12,19-20,23H,1-5,8-10,13-18H2,(H2,27,32). The van der Waals surface area contributed by atoms with Gasteiger partial charge in [-0.2, -0.15) is 0 Å². The molecule has 178 valence electrons. The summed E-state index contributed by atoms with van der Waals surface area (Å²) >= 11 is 0. The molecule has 1 aromatic carbocycles. The van der Waals surface area contributed by atoms with Crippen LogP contribution < -0.4 is 16.2 Å². The van der Waals surface area contributed by atoms with Crippen molar-refractivity contribution < 1.29 is 4.79 Å². The van der Waals surface area contributed by atoms with Gasteiger partial charge in [0, 0.05) is 31.7 Å². The summed E-state index contributed by atoms with van der Waals surface area (Å²) in [6, 6.07) is 8.32. The second kappa shape index (κ2) is 9.84. The fraction of sp³-hybridized carbons (Fsp3) is 0.654. The van der Waals surface area contributed by atoms with Crippen molar-refractivity contribution in [3.05, 3.63) is 34.6 Å². The minimum atomic E-state index is -0.444. The van der Waals surface area contributed by atoms with Gasteiger partial charge in [-0.1, -0.05) is 44.2 Å². The van der Waals surface area contributed by atoms with Crippen LogP contribution in [0.1, 0.15) is 76.7 Å². The number of piperidine rings is 1. The van der Waals surface area contributed by atoms with Gasteiger partial charge in [0.15, 0.2) is 5.82 Å². The predicted molar refractivity (Wildman–Crippen MR) is 132 cm³/mol. The van der Waals surface area contributed by atoms with Crippen LogP contribution in [0, 0.1) is 0 Å². The average Bonchev–Trinajstić information content (AvgIpc) is 3.29. The topological polar surface area (TPSA) is 84.5 Å². The average molecular weight is 452 g/mol. The molecule has 3 aliphatic rings. The Balaban J connectivity index is 1.43. The van der Waals surface area contributed by atoms with Crippen molar-refractivity contribution in [1.29, 1.82) is 0 Å². The molecule has 5 rings (SSSR count). The van der Waals surface area contributed by atoms with E-state index in [1.165, 1.54) is 44.9 Å². The van der Waals surface area contributed by atoms with E-state index in [2.05, 4.69) is 4.90 Å². The lowest BCUT2D eigenvalue weighted by atomic mass is 9.93. The van der Waals surface area contributed by atoms with E-state index in [4.69, 9.17) is 10.7 Å². The van der Waals surface area contributed by atoms with Gasteiger partial charge in [0.1, 0.15) is 6.04 Å². The van der Waals surface area contributed by atoms with Gasteiger partial charge in [0.05, 0.1) is 11.0 Å². The quantitative estimate of drug-likeness (QED) is 0.768. The molecule has 1 aliphatic carbocycles. The van der Waals surface area contributed by atoms with Crippen LogP contribution in [-0.2, 0) is 4.79 Å². The first-order chi connectivity index (χ1) is 16.1. The van der Waals surface area contributed by atoms with Crippen LogP contribution in [0.5, 0.6) is 0 Å². The predicted octanol–water partition coefficient (Wildman–Crippen LogP) is 3.60. The Hall–Kier alpha value is -2.41. The second-order valence-electron chi connectivity index (χ2n) is 10.1. The SMILES string of the molecule is NC(=O)C1CCCN1c1nc2ccccc2n(C2CCN(C3CCCCCCC3)CC2)c1=O. The summed E-state index contributed by atoms with van der Waals surface area (Å²) in [6.45, 7) is 2.73.